The van der Waals surface area contributed by atoms with Crippen LogP contribution >= 0.6 is 11.8 Å². The van der Waals surface area contributed by atoms with Crippen molar-refractivity contribution in [3.05, 3.63) is 65.2 Å². The van der Waals surface area contributed by atoms with Crippen molar-refractivity contribution in [2.24, 2.45) is 0 Å². The quantitative estimate of drug-likeness (QED) is 0.838. The summed E-state index contributed by atoms with van der Waals surface area (Å²) in [6, 6.07) is 14.9. The Morgan fingerprint density at radius 2 is 1.86 bits per heavy atom. The van der Waals surface area contributed by atoms with Crippen molar-refractivity contribution in [3.8, 4) is 0 Å². The molecule has 2 rings (SSSR count). The van der Waals surface area contributed by atoms with Crippen molar-refractivity contribution in [1.29, 1.82) is 0 Å². The van der Waals surface area contributed by atoms with Gasteiger partial charge >= 0.3 is 0 Å². The lowest BCUT2D eigenvalue weighted by molar-refractivity contribution is 0.102. The molecule has 1 unspecified atom stereocenters. The lowest BCUT2D eigenvalue weighted by Gasteiger charge is -2.13. The Hall–Kier alpha value is -1.78. The lowest BCUT2D eigenvalue weighted by atomic mass is 10.1. The van der Waals surface area contributed by atoms with Crippen molar-refractivity contribution >= 4 is 23.4 Å². The molecule has 0 bridgehead atoms. The number of carbonyl (C=O) groups excluding carboxylic acids is 1. The Balaban J connectivity index is 2.09. The number of rotatable bonds is 6. The molecule has 0 aliphatic rings. The van der Waals surface area contributed by atoms with Gasteiger partial charge in [-0.1, -0.05) is 37.3 Å². The molecule has 0 heterocycles. The number of amides is 1. The molecule has 0 aliphatic heterocycles. The van der Waals surface area contributed by atoms with E-state index in [0.717, 1.165) is 11.5 Å². The second-order valence-corrected chi connectivity index (χ2v) is 6.33. The largest absolute Gasteiger partial charge is 0.389 e. The molecule has 2 aromatic carbocycles. The van der Waals surface area contributed by atoms with Gasteiger partial charge in [0.1, 0.15) is 0 Å². The number of hydrogen-bond donors (Lipinski definition) is 2. The van der Waals surface area contributed by atoms with Crippen molar-refractivity contribution in [1.82, 2.24) is 0 Å². The molecule has 0 aromatic heterocycles. The number of carbonyl (C=O) groups is 1. The van der Waals surface area contributed by atoms with E-state index in [1.807, 2.05) is 54.2 Å². The first kappa shape index (κ1) is 16.6. The average Bonchev–Trinajstić information content (AvgIpc) is 2.53. The first-order valence-electron chi connectivity index (χ1n) is 7.37. The summed E-state index contributed by atoms with van der Waals surface area (Å²) in [5.41, 5.74) is 3.19. The fourth-order valence-electron chi connectivity index (χ4n) is 2.14. The Morgan fingerprint density at radius 1 is 1.18 bits per heavy atom. The second-order valence-electron chi connectivity index (χ2n) is 5.05. The van der Waals surface area contributed by atoms with Gasteiger partial charge in [-0.05, 0) is 36.4 Å². The number of nitrogens with one attached hydrogen (secondary N) is 1. The topological polar surface area (TPSA) is 49.3 Å². The molecular formula is C18H21NO2S. The predicted molar refractivity (Wildman–Crippen MR) is 93.3 cm³/mol. The number of benzene rings is 2. The van der Waals surface area contributed by atoms with Crippen LogP contribution in [0.3, 0.4) is 0 Å². The maximum absolute atomic E-state index is 12.3. The highest BCUT2D eigenvalue weighted by Gasteiger charge is 2.11. The van der Waals surface area contributed by atoms with E-state index >= 15 is 0 Å². The standard InChI is InChI=1S/C18H21NO2S/c1-3-22-12-14-8-10-15(11-9-14)18(21)19-17-7-5-4-6-16(17)13(2)20/h4-11,13,20H,3,12H2,1-2H3,(H,19,21). The van der Waals surface area contributed by atoms with Crippen LogP contribution in [0.5, 0.6) is 0 Å². The summed E-state index contributed by atoms with van der Waals surface area (Å²) in [4.78, 5) is 12.3. The first-order valence-corrected chi connectivity index (χ1v) is 8.52. The highest BCUT2D eigenvalue weighted by atomic mass is 32.2. The van der Waals surface area contributed by atoms with Gasteiger partial charge in [-0.15, -0.1) is 0 Å². The summed E-state index contributed by atoms with van der Waals surface area (Å²) in [6.45, 7) is 3.82. The first-order chi connectivity index (χ1) is 10.6. The van der Waals surface area contributed by atoms with Crippen molar-refractivity contribution < 1.29 is 9.90 Å². The molecule has 0 fully saturated rings. The summed E-state index contributed by atoms with van der Waals surface area (Å²) >= 11 is 1.85. The Kier molecular flexibility index (Phi) is 6.04. The molecule has 4 heteroatoms. The molecule has 2 N–H and O–H groups in total. The Bertz CT molecular complexity index is 623. The summed E-state index contributed by atoms with van der Waals surface area (Å²) in [5.74, 6) is 1.88. The Labute approximate surface area is 135 Å². The van der Waals surface area contributed by atoms with Crippen LogP contribution in [0, 0.1) is 0 Å². The van der Waals surface area contributed by atoms with Crippen LogP contribution in [0.25, 0.3) is 0 Å². The number of thioether (sulfide) groups is 1. The predicted octanol–water partition coefficient (Wildman–Crippen LogP) is 4.25. The van der Waals surface area contributed by atoms with E-state index in [0.29, 0.717) is 16.8 Å². The van der Waals surface area contributed by atoms with E-state index in [1.165, 1.54) is 5.56 Å². The third-order valence-electron chi connectivity index (χ3n) is 3.35. The van der Waals surface area contributed by atoms with Gasteiger partial charge < -0.3 is 10.4 Å². The maximum atomic E-state index is 12.3. The van der Waals surface area contributed by atoms with Crippen LogP contribution in [0.4, 0.5) is 5.69 Å². The average molecular weight is 315 g/mol. The van der Waals surface area contributed by atoms with Gasteiger partial charge in [0.15, 0.2) is 0 Å². The van der Waals surface area contributed by atoms with Crippen LogP contribution in [0.1, 0.15) is 41.4 Å². The number of hydrogen-bond acceptors (Lipinski definition) is 3. The Morgan fingerprint density at radius 3 is 2.50 bits per heavy atom. The van der Waals surface area contributed by atoms with Gasteiger partial charge in [0.05, 0.1) is 6.10 Å². The second kappa shape index (κ2) is 8.01. The minimum atomic E-state index is -0.620. The minimum Gasteiger partial charge on any atom is -0.389 e. The third-order valence-corrected chi connectivity index (χ3v) is 4.29. The summed E-state index contributed by atoms with van der Waals surface area (Å²) in [5, 5.41) is 12.6. The molecule has 0 saturated carbocycles. The highest BCUT2D eigenvalue weighted by Crippen LogP contribution is 2.23. The zero-order valence-electron chi connectivity index (χ0n) is 12.9. The zero-order chi connectivity index (χ0) is 15.9. The molecule has 0 spiro atoms. The number of aliphatic hydroxyl groups excluding tert-OH is 1. The van der Waals surface area contributed by atoms with Crippen LogP contribution < -0.4 is 5.32 Å². The third kappa shape index (κ3) is 4.36. The molecule has 116 valence electrons. The highest BCUT2D eigenvalue weighted by molar-refractivity contribution is 7.98. The maximum Gasteiger partial charge on any atom is 0.255 e. The molecule has 22 heavy (non-hydrogen) atoms. The monoisotopic (exact) mass is 315 g/mol. The summed E-state index contributed by atoms with van der Waals surface area (Å²) in [7, 11) is 0. The van der Waals surface area contributed by atoms with E-state index in [2.05, 4.69) is 12.2 Å². The molecular weight excluding hydrogens is 294 g/mol. The van der Waals surface area contributed by atoms with E-state index in [4.69, 9.17) is 0 Å². The molecule has 2 aromatic rings. The molecule has 0 radical (unpaired) electrons. The van der Waals surface area contributed by atoms with Gasteiger partial charge in [-0.3, -0.25) is 4.79 Å². The molecule has 0 saturated heterocycles. The smallest absolute Gasteiger partial charge is 0.255 e. The van der Waals surface area contributed by atoms with Crippen LogP contribution in [-0.2, 0) is 5.75 Å². The number of anilines is 1. The van der Waals surface area contributed by atoms with Gasteiger partial charge in [-0.25, -0.2) is 0 Å². The minimum absolute atomic E-state index is 0.164. The van der Waals surface area contributed by atoms with Gasteiger partial charge in [0.2, 0.25) is 0 Å². The zero-order valence-corrected chi connectivity index (χ0v) is 13.7. The SMILES string of the molecule is CCSCc1ccc(C(=O)Nc2ccccc2C(C)O)cc1. The lowest BCUT2D eigenvalue weighted by Crippen LogP contribution is -2.13. The van der Waals surface area contributed by atoms with E-state index < -0.39 is 6.10 Å². The molecule has 1 amide bonds. The fourth-order valence-corrected chi connectivity index (χ4v) is 2.77. The van der Waals surface area contributed by atoms with E-state index in [1.54, 1.807) is 13.0 Å². The molecule has 3 nitrogen and oxygen atoms in total. The normalized spacial score (nSPS) is 12.0. The fraction of sp³-hybridized carbons (Fsp3) is 0.278. The van der Waals surface area contributed by atoms with Gasteiger partial charge in [-0.2, -0.15) is 11.8 Å². The number of para-hydroxylation sites is 1. The van der Waals surface area contributed by atoms with Crippen LogP contribution in [0.2, 0.25) is 0 Å². The van der Waals surface area contributed by atoms with E-state index in [9.17, 15) is 9.90 Å². The van der Waals surface area contributed by atoms with E-state index in [-0.39, 0.29) is 5.91 Å². The number of aliphatic hydroxyl groups is 1. The van der Waals surface area contributed by atoms with Crippen LogP contribution in [0.15, 0.2) is 48.5 Å². The van der Waals surface area contributed by atoms with Crippen molar-refractivity contribution in [2.45, 2.75) is 25.7 Å². The summed E-state index contributed by atoms with van der Waals surface area (Å²) in [6.07, 6.45) is -0.620. The molecule has 0 aliphatic carbocycles. The summed E-state index contributed by atoms with van der Waals surface area (Å²) < 4.78 is 0. The van der Waals surface area contributed by atoms with Crippen molar-refractivity contribution in [2.75, 3.05) is 11.1 Å². The van der Waals surface area contributed by atoms with Gasteiger partial charge in [0.25, 0.3) is 5.91 Å². The van der Waals surface area contributed by atoms with Crippen molar-refractivity contribution in [3.63, 3.8) is 0 Å². The van der Waals surface area contributed by atoms with Gasteiger partial charge in [0, 0.05) is 22.6 Å². The van der Waals surface area contributed by atoms with Crippen LogP contribution in [-0.4, -0.2) is 16.8 Å². The molecule has 1 atom stereocenters.